The Morgan fingerprint density at radius 3 is 2.53 bits per heavy atom. The summed E-state index contributed by atoms with van der Waals surface area (Å²) in [6, 6.07) is 12.0. The largest absolute Gasteiger partial charge is 0.493 e. The number of para-hydroxylation sites is 1. The fraction of sp³-hybridized carbons (Fsp3) is 0.395. The number of pyridine rings is 2. The Morgan fingerprint density at radius 1 is 1.09 bits per heavy atom. The molecule has 6 rings (SSSR count). The highest BCUT2D eigenvalue weighted by atomic mass is 32.1. The van der Waals surface area contributed by atoms with E-state index in [0.29, 0.717) is 61.7 Å². The maximum Gasteiger partial charge on any atom is 0.267 e. The molecule has 1 aliphatic carbocycles. The van der Waals surface area contributed by atoms with Crippen molar-refractivity contribution in [1.29, 1.82) is 0 Å². The number of hydrogen-bond donors (Lipinski definition) is 3. The standard InChI is InChI=1S/C38H46FN9O4S/c1-38(2,51)24-48(26-12-13-26)30-21-25(22-40-35(30)47-19-17-46(18-20-47)33(49)11-8-16-45(3)4)28-14-15-31(52-5)34(42-28)44-37-41-23-32(53-37)36(50)43-29-10-7-6-9-27(29)39/h6-11,14-15,21-23,26,51H,12-13,16-20,24H2,1-5H3,(H,43,50)(H,41,42,44)/b11-8+. The van der Waals surface area contributed by atoms with Crippen molar-refractivity contribution in [2.75, 3.05) is 80.9 Å². The minimum absolute atomic E-state index is 0.00599. The number of nitrogens with one attached hydrogen (secondary N) is 2. The van der Waals surface area contributed by atoms with Crippen LogP contribution in [0, 0.1) is 5.82 Å². The molecular formula is C38H46FN9O4S. The number of benzene rings is 1. The number of piperazine rings is 1. The first-order valence-electron chi connectivity index (χ1n) is 17.6. The van der Waals surface area contributed by atoms with Crippen LogP contribution in [0.4, 0.5) is 32.5 Å². The number of carbonyl (C=O) groups is 2. The zero-order valence-corrected chi connectivity index (χ0v) is 31.5. The molecule has 15 heteroatoms. The predicted octanol–water partition coefficient (Wildman–Crippen LogP) is 5.25. The zero-order valence-electron chi connectivity index (χ0n) is 30.7. The van der Waals surface area contributed by atoms with Gasteiger partial charge in [-0.15, -0.1) is 0 Å². The second-order valence-electron chi connectivity index (χ2n) is 14.1. The van der Waals surface area contributed by atoms with Crippen LogP contribution >= 0.6 is 11.3 Å². The number of hydrogen-bond acceptors (Lipinski definition) is 12. The van der Waals surface area contributed by atoms with Gasteiger partial charge in [0.25, 0.3) is 5.91 Å². The van der Waals surface area contributed by atoms with Crippen molar-refractivity contribution in [2.45, 2.75) is 38.3 Å². The molecule has 0 atom stereocenters. The van der Waals surface area contributed by atoms with E-state index in [0.717, 1.165) is 41.2 Å². The van der Waals surface area contributed by atoms with Crippen molar-refractivity contribution >= 4 is 51.3 Å². The van der Waals surface area contributed by atoms with Gasteiger partial charge in [-0.3, -0.25) is 9.59 Å². The lowest BCUT2D eigenvalue weighted by Gasteiger charge is -2.38. The van der Waals surface area contributed by atoms with Gasteiger partial charge in [0, 0.05) is 63.1 Å². The molecule has 1 saturated heterocycles. The number of carbonyl (C=O) groups excluding carboxylic acids is 2. The summed E-state index contributed by atoms with van der Waals surface area (Å²) >= 11 is 1.10. The predicted molar refractivity (Wildman–Crippen MR) is 207 cm³/mol. The molecule has 3 aromatic heterocycles. The minimum atomic E-state index is -0.950. The molecule has 1 aliphatic heterocycles. The van der Waals surface area contributed by atoms with Crippen LogP contribution in [0.5, 0.6) is 5.75 Å². The van der Waals surface area contributed by atoms with E-state index < -0.39 is 17.3 Å². The number of amides is 2. The molecule has 4 aromatic rings. The lowest BCUT2D eigenvalue weighted by molar-refractivity contribution is -0.126. The van der Waals surface area contributed by atoms with E-state index in [1.54, 1.807) is 37.6 Å². The van der Waals surface area contributed by atoms with Gasteiger partial charge in [0.2, 0.25) is 5.91 Å². The molecule has 280 valence electrons. The van der Waals surface area contributed by atoms with E-state index in [1.807, 2.05) is 49.9 Å². The average Bonchev–Trinajstić information content (AvgIpc) is 3.88. The topological polar surface area (TPSA) is 139 Å². The Kier molecular flexibility index (Phi) is 11.6. The number of nitrogens with zero attached hydrogens (tertiary/aromatic N) is 7. The minimum Gasteiger partial charge on any atom is -0.493 e. The SMILES string of the molecule is COc1ccc(-c2cnc(N3CCN(C(=O)/C=C/CN(C)C)CC3)c(N(CC(C)(C)O)C3CC3)c2)nc1Nc1ncc(C(=O)Nc2ccccc2F)s1. The molecule has 2 aliphatic rings. The number of likely N-dealkylation sites (N-methyl/N-ethyl adjacent to an activating group) is 1. The number of methoxy groups -OCH3 is 1. The molecule has 2 fully saturated rings. The van der Waals surface area contributed by atoms with Gasteiger partial charge < -0.3 is 40.1 Å². The molecule has 4 heterocycles. The Labute approximate surface area is 313 Å². The molecule has 0 unspecified atom stereocenters. The van der Waals surface area contributed by atoms with Crippen molar-refractivity contribution in [2.24, 2.45) is 0 Å². The summed E-state index contributed by atoms with van der Waals surface area (Å²) in [5.41, 5.74) is 1.42. The highest BCUT2D eigenvalue weighted by Crippen LogP contribution is 2.40. The van der Waals surface area contributed by atoms with E-state index in [-0.39, 0.29) is 22.5 Å². The van der Waals surface area contributed by atoms with E-state index in [1.165, 1.54) is 18.3 Å². The van der Waals surface area contributed by atoms with Crippen LogP contribution in [0.3, 0.4) is 0 Å². The maximum absolute atomic E-state index is 14.1. The molecule has 0 bridgehead atoms. The van der Waals surface area contributed by atoms with Crippen LogP contribution in [0.25, 0.3) is 11.3 Å². The molecular weight excluding hydrogens is 698 g/mol. The van der Waals surface area contributed by atoms with Crippen molar-refractivity contribution in [1.82, 2.24) is 24.8 Å². The fourth-order valence-electron chi connectivity index (χ4n) is 6.01. The number of aliphatic hydroxyl groups is 1. The summed E-state index contributed by atoms with van der Waals surface area (Å²) in [4.78, 5) is 48.6. The van der Waals surface area contributed by atoms with Crippen molar-refractivity contribution in [3.05, 3.63) is 77.7 Å². The van der Waals surface area contributed by atoms with Crippen molar-refractivity contribution in [3.63, 3.8) is 0 Å². The first-order valence-corrected chi connectivity index (χ1v) is 18.4. The molecule has 13 nitrogen and oxygen atoms in total. The second kappa shape index (κ2) is 16.3. The molecule has 3 N–H and O–H groups in total. The van der Waals surface area contributed by atoms with Gasteiger partial charge in [0.15, 0.2) is 22.5 Å². The fourth-order valence-corrected chi connectivity index (χ4v) is 6.72. The monoisotopic (exact) mass is 743 g/mol. The molecule has 1 aromatic carbocycles. The van der Waals surface area contributed by atoms with E-state index in [2.05, 4.69) is 31.5 Å². The van der Waals surface area contributed by atoms with Gasteiger partial charge in [-0.05, 0) is 71.1 Å². The van der Waals surface area contributed by atoms with E-state index in [4.69, 9.17) is 14.7 Å². The van der Waals surface area contributed by atoms with Crippen LogP contribution < -0.4 is 25.2 Å². The molecule has 0 radical (unpaired) electrons. The number of thiazole rings is 1. The Hall–Kier alpha value is -5.12. The lowest BCUT2D eigenvalue weighted by Crippen LogP contribution is -2.49. The first kappa shape index (κ1) is 37.6. The summed E-state index contributed by atoms with van der Waals surface area (Å²) in [5.74, 6) is 0.657. The van der Waals surface area contributed by atoms with Crippen LogP contribution in [0.1, 0.15) is 36.4 Å². The molecule has 0 spiro atoms. The van der Waals surface area contributed by atoms with Crippen LogP contribution in [-0.2, 0) is 4.79 Å². The van der Waals surface area contributed by atoms with Crippen LogP contribution in [0.2, 0.25) is 0 Å². The van der Waals surface area contributed by atoms with Crippen LogP contribution in [0.15, 0.2) is 67.0 Å². The molecule has 1 saturated carbocycles. The second-order valence-corrected chi connectivity index (χ2v) is 15.1. The summed E-state index contributed by atoms with van der Waals surface area (Å²) in [7, 11) is 5.47. The Bertz CT molecular complexity index is 1950. The summed E-state index contributed by atoms with van der Waals surface area (Å²) in [5, 5.41) is 17.1. The number of rotatable bonds is 14. The Morgan fingerprint density at radius 2 is 1.85 bits per heavy atom. The highest BCUT2D eigenvalue weighted by molar-refractivity contribution is 7.17. The normalized spacial score (nSPS) is 14.9. The lowest BCUT2D eigenvalue weighted by atomic mass is 10.1. The maximum atomic E-state index is 14.1. The number of anilines is 5. The van der Waals surface area contributed by atoms with Crippen molar-refractivity contribution in [3.8, 4) is 17.0 Å². The summed E-state index contributed by atoms with van der Waals surface area (Å²) in [6.07, 6.45) is 8.78. The quantitative estimate of drug-likeness (QED) is 0.146. The number of ether oxygens (including phenoxy) is 1. The third kappa shape index (κ3) is 9.66. The van der Waals surface area contributed by atoms with Gasteiger partial charge in [-0.2, -0.15) is 0 Å². The third-order valence-electron chi connectivity index (χ3n) is 8.77. The third-order valence-corrected chi connectivity index (χ3v) is 9.69. The molecule has 53 heavy (non-hydrogen) atoms. The summed E-state index contributed by atoms with van der Waals surface area (Å²) < 4.78 is 19.7. The van der Waals surface area contributed by atoms with Gasteiger partial charge in [0.1, 0.15) is 10.7 Å². The first-order chi connectivity index (χ1) is 25.4. The van der Waals surface area contributed by atoms with Gasteiger partial charge in [0.05, 0.1) is 36.0 Å². The van der Waals surface area contributed by atoms with E-state index in [9.17, 15) is 19.1 Å². The van der Waals surface area contributed by atoms with E-state index >= 15 is 0 Å². The number of aromatic nitrogens is 3. The Balaban J connectivity index is 1.25. The average molecular weight is 744 g/mol. The van der Waals surface area contributed by atoms with Crippen LogP contribution in [-0.4, -0.2) is 114 Å². The van der Waals surface area contributed by atoms with Gasteiger partial charge >= 0.3 is 0 Å². The van der Waals surface area contributed by atoms with Gasteiger partial charge in [-0.25, -0.2) is 19.3 Å². The number of halogens is 1. The summed E-state index contributed by atoms with van der Waals surface area (Å²) in [6.45, 7) is 7.13. The van der Waals surface area contributed by atoms with Crippen molar-refractivity contribution < 1.29 is 23.8 Å². The zero-order chi connectivity index (χ0) is 37.7. The smallest absolute Gasteiger partial charge is 0.267 e. The molecule has 2 amide bonds. The highest BCUT2D eigenvalue weighted by Gasteiger charge is 2.36. The van der Waals surface area contributed by atoms with Gasteiger partial charge in [-0.1, -0.05) is 29.5 Å².